The molecule has 1 heterocycles. The van der Waals surface area contributed by atoms with Crippen molar-refractivity contribution in [3.05, 3.63) is 47.3 Å². The minimum Gasteiger partial charge on any atom is -0.330 e. The van der Waals surface area contributed by atoms with E-state index in [1.54, 1.807) is 4.68 Å². The van der Waals surface area contributed by atoms with Gasteiger partial charge in [0.2, 0.25) is 0 Å². The van der Waals surface area contributed by atoms with Gasteiger partial charge >= 0.3 is 0 Å². The summed E-state index contributed by atoms with van der Waals surface area (Å²) in [5, 5.41) is 4.50. The molecule has 1 aliphatic carbocycles. The number of nitrogens with zero attached hydrogens (tertiary/aromatic N) is 2. The average Bonchev–Trinajstić information content (AvgIpc) is 3.10. The van der Waals surface area contributed by atoms with Gasteiger partial charge in [0.15, 0.2) is 11.6 Å². The van der Waals surface area contributed by atoms with Crippen LogP contribution in [0.15, 0.2) is 24.3 Å². The minimum atomic E-state index is -0.867. The molecule has 0 amide bonds. The Hall–Kier alpha value is -1.75. The van der Waals surface area contributed by atoms with Crippen molar-refractivity contribution in [3.8, 4) is 5.69 Å². The molecular weight excluding hydrogens is 248 g/mol. The van der Waals surface area contributed by atoms with Crippen LogP contribution in [0.5, 0.6) is 0 Å². The average molecular weight is 263 g/mol. The Kier molecular flexibility index (Phi) is 2.67. The molecule has 0 radical (unpaired) electrons. The van der Waals surface area contributed by atoms with E-state index >= 15 is 0 Å². The first kappa shape index (κ1) is 12.3. The first-order chi connectivity index (χ1) is 9.05. The number of aromatic nitrogens is 2. The second-order valence-electron chi connectivity index (χ2n) is 5.17. The molecule has 2 aromatic rings. The molecule has 1 fully saturated rings. The summed E-state index contributed by atoms with van der Waals surface area (Å²) in [4.78, 5) is 0. The van der Waals surface area contributed by atoms with Gasteiger partial charge in [-0.05, 0) is 38.0 Å². The van der Waals surface area contributed by atoms with E-state index in [9.17, 15) is 8.78 Å². The van der Waals surface area contributed by atoms with Crippen molar-refractivity contribution in [2.75, 3.05) is 6.54 Å². The Morgan fingerprint density at radius 2 is 2.00 bits per heavy atom. The van der Waals surface area contributed by atoms with E-state index in [1.165, 1.54) is 6.07 Å². The number of nitrogens with two attached hydrogens (primary N) is 1. The first-order valence-corrected chi connectivity index (χ1v) is 6.28. The lowest BCUT2D eigenvalue weighted by molar-refractivity contribution is 0.507. The van der Waals surface area contributed by atoms with E-state index in [0.717, 1.165) is 36.4 Å². The monoisotopic (exact) mass is 263 g/mol. The van der Waals surface area contributed by atoms with Crippen molar-refractivity contribution in [3.63, 3.8) is 0 Å². The van der Waals surface area contributed by atoms with Crippen LogP contribution in [0.1, 0.15) is 24.2 Å². The molecule has 3 rings (SSSR count). The molecule has 0 saturated heterocycles. The molecule has 1 aromatic heterocycles. The number of hydrogen-bond acceptors (Lipinski definition) is 2. The maximum absolute atomic E-state index is 13.3. The molecule has 1 aromatic carbocycles. The predicted molar refractivity (Wildman–Crippen MR) is 68.2 cm³/mol. The van der Waals surface area contributed by atoms with Crippen molar-refractivity contribution < 1.29 is 8.78 Å². The molecule has 100 valence electrons. The highest BCUT2D eigenvalue weighted by atomic mass is 19.2. The Bertz CT molecular complexity index is 630. The quantitative estimate of drug-likeness (QED) is 0.924. The zero-order valence-corrected chi connectivity index (χ0v) is 10.7. The van der Waals surface area contributed by atoms with Gasteiger partial charge in [0.1, 0.15) is 0 Å². The molecule has 3 nitrogen and oxygen atoms in total. The van der Waals surface area contributed by atoms with Crippen molar-refractivity contribution in [2.24, 2.45) is 5.73 Å². The lowest BCUT2D eigenvalue weighted by Gasteiger charge is -2.08. The number of aryl methyl sites for hydroxylation is 1. The van der Waals surface area contributed by atoms with Crippen LogP contribution in [-0.4, -0.2) is 16.3 Å². The zero-order valence-electron chi connectivity index (χ0n) is 10.7. The van der Waals surface area contributed by atoms with Crippen LogP contribution in [0, 0.1) is 18.6 Å². The van der Waals surface area contributed by atoms with E-state index in [4.69, 9.17) is 5.73 Å². The molecule has 0 spiro atoms. The summed E-state index contributed by atoms with van der Waals surface area (Å²) in [6.07, 6.45) is 2.08. The maximum atomic E-state index is 13.3. The summed E-state index contributed by atoms with van der Waals surface area (Å²) in [7, 11) is 0. The SMILES string of the molecule is Cc1cc(C2(CN)CC2)nn1-c1ccc(F)c(F)c1. The molecule has 1 saturated carbocycles. The zero-order chi connectivity index (χ0) is 13.6. The van der Waals surface area contributed by atoms with Gasteiger partial charge in [0.05, 0.1) is 11.4 Å². The molecule has 0 atom stereocenters. The molecule has 0 aliphatic heterocycles. The van der Waals surface area contributed by atoms with E-state index in [1.807, 2.05) is 13.0 Å². The number of hydrogen-bond donors (Lipinski definition) is 1. The highest BCUT2D eigenvalue weighted by molar-refractivity contribution is 5.36. The number of halogens is 2. The van der Waals surface area contributed by atoms with Crippen LogP contribution in [0.25, 0.3) is 5.69 Å². The number of rotatable bonds is 3. The van der Waals surface area contributed by atoms with Gasteiger partial charge in [-0.3, -0.25) is 0 Å². The standard InChI is InChI=1S/C14H15F2N3/c1-9-6-13(14(8-17)4-5-14)18-19(9)10-2-3-11(15)12(16)7-10/h2-3,6-7H,4-5,8,17H2,1H3. The third kappa shape index (κ3) is 1.94. The van der Waals surface area contributed by atoms with Crippen LogP contribution in [-0.2, 0) is 5.41 Å². The molecule has 5 heteroatoms. The van der Waals surface area contributed by atoms with Gasteiger partial charge < -0.3 is 5.73 Å². The van der Waals surface area contributed by atoms with Crippen molar-refractivity contribution in [1.29, 1.82) is 0 Å². The third-order valence-electron chi connectivity index (χ3n) is 3.82. The van der Waals surface area contributed by atoms with Gasteiger partial charge in [-0.1, -0.05) is 0 Å². The summed E-state index contributed by atoms with van der Waals surface area (Å²) < 4.78 is 27.9. The van der Waals surface area contributed by atoms with Crippen LogP contribution >= 0.6 is 0 Å². The van der Waals surface area contributed by atoms with Gasteiger partial charge in [0.25, 0.3) is 0 Å². The van der Waals surface area contributed by atoms with Gasteiger partial charge in [-0.15, -0.1) is 0 Å². The van der Waals surface area contributed by atoms with E-state index in [2.05, 4.69) is 5.10 Å². The largest absolute Gasteiger partial charge is 0.330 e. The maximum Gasteiger partial charge on any atom is 0.160 e. The molecule has 2 N–H and O–H groups in total. The Morgan fingerprint density at radius 3 is 2.58 bits per heavy atom. The van der Waals surface area contributed by atoms with Crippen LogP contribution in [0.3, 0.4) is 0 Å². The predicted octanol–water partition coefficient (Wildman–Crippen LogP) is 2.45. The van der Waals surface area contributed by atoms with Gasteiger partial charge in [0, 0.05) is 23.7 Å². The molecule has 0 unspecified atom stereocenters. The van der Waals surface area contributed by atoms with E-state index < -0.39 is 11.6 Å². The highest BCUT2D eigenvalue weighted by Gasteiger charge is 2.45. The van der Waals surface area contributed by atoms with Gasteiger partial charge in [-0.2, -0.15) is 5.10 Å². The van der Waals surface area contributed by atoms with Crippen LogP contribution in [0.2, 0.25) is 0 Å². The van der Waals surface area contributed by atoms with Crippen molar-refractivity contribution >= 4 is 0 Å². The third-order valence-corrected chi connectivity index (χ3v) is 3.82. The normalized spacial score (nSPS) is 16.6. The van der Waals surface area contributed by atoms with Crippen LogP contribution in [0.4, 0.5) is 8.78 Å². The summed E-state index contributed by atoms with van der Waals surface area (Å²) in [5.74, 6) is -1.72. The topological polar surface area (TPSA) is 43.8 Å². The smallest absolute Gasteiger partial charge is 0.160 e. The van der Waals surface area contributed by atoms with E-state index in [0.29, 0.717) is 12.2 Å². The number of benzene rings is 1. The minimum absolute atomic E-state index is 0.00537. The fourth-order valence-corrected chi connectivity index (χ4v) is 2.33. The Morgan fingerprint density at radius 1 is 1.26 bits per heavy atom. The first-order valence-electron chi connectivity index (χ1n) is 6.28. The second-order valence-corrected chi connectivity index (χ2v) is 5.17. The van der Waals surface area contributed by atoms with Crippen molar-refractivity contribution in [2.45, 2.75) is 25.2 Å². The Balaban J connectivity index is 2.03. The highest BCUT2D eigenvalue weighted by Crippen LogP contribution is 2.46. The molecule has 0 bridgehead atoms. The molecule has 1 aliphatic rings. The fourth-order valence-electron chi connectivity index (χ4n) is 2.33. The molecule has 19 heavy (non-hydrogen) atoms. The fraction of sp³-hybridized carbons (Fsp3) is 0.357. The van der Waals surface area contributed by atoms with E-state index in [-0.39, 0.29) is 5.41 Å². The summed E-state index contributed by atoms with van der Waals surface area (Å²) in [5.41, 5.74) is 8.13. The summed E-state index contributed by atoms with van der Waals surface area (Å²) in [6, 6.07) is 5.76. The lowest BCUT2D eigenvalue weighted by atomic mass is 10.0. The summed E-state index contributed by atoms with van der Waals surface area (Å²) in [6.45, 7) is 2.46. The summed E-state index contributed by atoms with van der Waals surface area (Å²) >= 11 is 0. The van der Waals surface area contributed by atoms with Crippen LogP contribution < -0.4 is 5.73 Å². The second kappa shape index (κ2) is 4.13. The van der Waals surface area contributed by atoms with Gasteiger partial charge in [-0.25, -0.2) is 13.5 Å². The lowest BCUT2D eigenvalue weighted by Crippen LogP contribution is -2.20. The van der Waals surface area contributed by atoms with Crippen molar-refractivity contribution in [1.82, 2.24) is 9.78 Å². The Labute approximate surface area is 110 Å². The molecular formula is C14H15F2N3.